The van der Waals surface area contributed by atoms with Crippen molar-refractivity contribution in [1.82, 2.24) is 4.90 Å². The number of hydrogen-bond acceptors (Lipinski definition) is 3. The van der Waals surface area contributed by atoms with Gasteiger partial charge in [-0.2, -0.15) is 0 Å². The Morgan fingerprint density at radius 3 is 3.05 bits per heavy atom. The lowest BCUT2D eigenvalue weighted by Gasteiger charge is -2.31. The molecule has 3 nitrogen and oxygen atoms in total. The summed E-state index contributed by atoms with van der Waals surface area (Å²) in [5, 5.41) is 0.617. The average Bonchev–Trinajstić information content (AvgIpc) is 2.42. The maximum atomic E-state index is 12.2. The Bertz CT molecular complexity index is 467. The monoisotopic (exact) mass is 345 g/mol. The number of carbonyl (C=O) groups excluding carboxylic acids is 1. The van der Waals surface area contributed by atoms with Crippen LogP contribution in [-0.4, -0.2) is 43.0 Å². The van der Waals surface area contributed by atoms with Crippen LogP contribution in [0.1, 0.15) is 12.5 Å². The molecule has 1 aromatic carbocycles. The number of ketones is 1. The molecule has 2 rings (SSSR count). The van der Waals surface area contributed by atoms with Crippen molar-refractivity contribution in [3.63, 3.8) is 0 Å². The topological polar surface area (TPSA) is 29.5 Å². The first-order chi connectivity index (χ1) is 9.10. The highest BCUT2D eigenvalue weighted by atomic mass is 79.9. The summed E-state index contributed by atoms with van der Waals surface area (Å²) in [4.78, 5) is 14.5. The number of rotatable bonds is 4. The summed E-state index contributed by atoms with van der Waals surface area (Å²) in [5.74, 6) is 0.0994. The summed E-state index contributed by atoms with van der Waals surface area (Å²) in [6.45, 7) is 5.26. The third-order valence-electron chi connectivity index (χ3n) is 3.34. The van der Waals surface area contributed by atoms with Crippen LogP contribution >= 0.6 is 27.5 Å². The highest BCUT2D eigenvalue weighted by molar-refractivity contribution is 9.10. The van der Waals surface area contributed by atoms with E-state index in [1.807, 2.05) is 18.2 Å². The molecule has 1 aliphatic rings. The SMILES string of the molecule is CCN1CCOC(C(=O)Cc2ccc(Br)cc2Cl)C1. The first-order valence-electron chi connectivity index (χ1n) is 6.40. The van der Waals surface area contributed by atoms with Gasteiger partial charge in [-0.3, -0.25) is 9.69 Å². The number of carbonyl (C=O) groups is 1. The second kappa shape index (κ2) is 6.84. The summed E-state index contributed by atoms with van der Waals surface area (Å²) in [6.07, 6.45) is 0.00217. The summed E-state index contributed by atoms with van der Waals surface area (Å²) in [7, 11) is 0. The van der Waals surface area contributed by atoms with E-state index in [2.05, 4.69) is 27.8 Å². The summed E-state index contributed by atoms with van der Waals surface area (Å²) >= 11 is 9.49. The van der Waals surface area contributed by atoms with Crippen LogP contribution in [-0.2, 0) is 16.0 Å². The van der Waals surface area contributed by atoms with E-state index in [1.54, 1.807) is 0 Å². The summed E-state index contributed by atoms with van der Waals surface area (Å²) in [5.41, 5.74) is 0.854. The second-order valence-corrected chi connectivity index (χ2v) is 5.95. The molecule has 0 saturated carbocycles. The molecule has 0 bridgehead atoms. The van der Waals surface area contributed by atoms with E-state index in [4.69, 9.17) is 16.3 Å². The Labute approximate surface area is 127 Å². The Kier molecular flexibility index (Phi) is 5.39. The molecule has 1 atom stereocenters. The van der Waals surface area contributed by atoms with Crippen LogP contribution in [0.4, 0.5) is 0 Å². The van der Waals surface area contributed by atoms with E-state index in [9.17, 15) is 4.79 Å². The van der Waals surface area contributed by atoms with Crippen LogP contribution in [0.25, 0.3) is 0 Å². The largest absolute Gasteiger partial charge is 0.368 e. The summed E-state index contributed by atoms with van der Waals surface area (Å²) < 4.78 is 6.48. The van der Waals surface area contributed by atoms with Crippen molar-refractivity contribution in [1.29, 1.82) is 0 Å². The van der Waals surface area contributed by atoms with Gasteiger partial charge in [-0.25, -0.2) is 0 Å². The van der Waals surface area contributed by atoms with Crippen LogP contribution in [0, 0.1) is 0 Å². The van der Waals surface area contributed by atoms with Gasteiger partial charge in [0.15, 0.2) is 5.78 Å². The molecule has 0 spiro atoms. The third-order valence-corrected chi connectivity index (χ3v) is 4.18. The van der Waals surface area contributed by atoms with E-state index < -0.39 is 0 Å². The number of ether oxygens (including phenoxy) is 1. The van der Waals surface area contributed by atoms with Gasteiger partial charge >= 0.3 is 0 Å². The van der Waals surface area contributed by atoms with Gasteiger partial charge in [0.1, 0.15) is 6.10 Å². The van der Waals surface area contributed by atoms with E-state index in [1.165, 1.54) is 0 Å². The Hall–Kier alpha value is -0.420. The van der Waals surface area contributed by atoms with Crippen LogP contribution in [0.3, 0.4) is 0 Å². The fourth-order valence-electron chi connectivity index (χ4n) is 2.15. The normalized spacial score (nSPS) is 20.5. The fraction of sp³-hybridized carbons (Fsp3) is 0.500. The molecule has 1 fully saturated rings. The summed E-state index contributed by atoms with van der Waals surface area (Å²) in [6, 6.07) is 5.59. The van der Waals surface area contributed by atoms with Crippen molar-refractivity contribution < 1.29 is 9.53 Å². The number of Topliss-reactive ketones (excluding diaryl/α,β-unsaturated/α-hetero) is 1. The van der Waals surface area contributed by atoms with Crippen LogP contribution in [0.5, 0.6) is 0 Å². The lowest BCUT2D eigenvalue weighted by atomic mass is 10.0. The van der Waals surface area contributed by atoms with Crippen molar-refractivity contribution in [3.8, 4) is 0 Å². The number of benzene rings is 1. The number of halogens is 2. The van der Waals surface area contributed by atoms with Gasteiger partial charge in [-0.1, -0.05) is 40.5 Å². The standard InChI is InChI=1S/C14H17BrClNO2/c1-2-17-5-6-19-14(9-17)13(18)7-10-3-4-11(15)8-12(10)16/h3-4,8,14H,2,5-7,9H2,1H3. The van der Waals surface area contributed by atoms with Crippen molar-refractivity contribution in [2.45, 2.75) is 19.4 Å². The first kappa shape index (κ1) is 15.0. The minimum atomic E-state index is -0.326. The highest BCUT2D eigenvalue weighted by Gasteiger charge is 2.26. The van der Waals surface area contributed by atoms with Crippen LogP contribution in [0.2, 0.25) is 5.02 Å². The number of morpholine rings is 1. The van der Waals surface area contributed by atoms with Gasteiger partial charge in [0.05, 0.1) is 6.61 Å². The molecule has 1 heterocycles. The van der Waals surface area contributed by atoms with E-state index >= 15 is 0 Å². The quantitative estimate of drug-likeness (QED) is 0.839. The minimum absolute atomic E-state index is 0.0994. The molecule has 1 aromatic rings. The molecule has 19 heavy (non-hydrogen) atoms. The molecule has 1 unspecified atom stereocenters. The molecule has 1 saturated heterocycles. The lowest BCUT2D eigenvalue weighted by Crippen LogP contribution is -2.46. The van der Waals surface area contributed by atoms with Gasteiger partial charge in [0.2, 0.25) is 0 Å². The first-order valence-corrected chi connectivity index (χ1v) is 7.58. The molecule has 0 aliphatic carbocycles. The van der Waals surface area contributed by atoms with Gasteiger partial charge in [-0.15, -0.1) is 0 Å². The lowest BCUT2D eigenvalue weighted by molar-refractivity contribution is -0.135. The molecule has 5 heteroatoms. The van der Waals surface area contributed by atoms with Crippen molar-refractivity contribution in [3.05, 3.63) is 33.3 Å². The molecular weight excluding hydrogens is 330 g/mol. The van der Waals surface area contributed by atoms with E-state index in [-0.39, 0.29) is 11.9 Å². The molecule has 0 radical (unpaired) electrons. The average molecular weight is 347 g/mol. The van der Waals surface area contributed by atoms with E-state index in [0.717, 1.165) is 23.1 Å². The number of nitrogens with zero attached hydrogens (tertiary/aromatic N) is 1. The van der Waals surface area contributed by atoms with Crippen molar-refractivity contribution in [2.24, 2.45) is 0 Å². The smallest absolute Gasteiger partial charge is 0.167 e. The minimum Gasteiger partial charge on any atom is -0.368 e. The van der Waals surface area contributed by atoms with Gasteiger partial charge < -0.3 is 4.74 Å². The molecule has 0 N–H and O–H groups in total. The molecular formula is C14H17BrClNO2. The zero-order chi connectivity index (χ0) is 13.8. The Morgan fingerprint density at radius 1 is 1.58 bits per heavy atom. The predicted molar refractivity (Wildman–Crippen MR) is 79.7 cm³/mol. The van der Waals surface area contributed by atoms with Gasteiger partial charge in [-0.05, 0) is 24.2 Å². The maximum Gasteiger partial charge on any atom is 0.167 e. The van der Waals surface area contributed by atoms with Gasteiger partial charge in [0, 0.05) is 29.0 Å². The Balaban J connectivity index is 2.00. The van der Waals surface area contributed by atoms with Crippen molar-refractivity contribution in [2.75, 3.05) is 26.2 Å². The third kappa shape index (κ3) is 4.02. The number of hydrogen-bond donors (Lipinski definition) is 0. The van der Waals surface area contributed by atoms with Crippen molar-refractivity contribution >= 4 is 33.3 Å². The fourth-order valence-corrected chi connectivity index (χ4v) is 2.89. The number of likely N-dealkylation sites (N-methyl/N-ethyl adjacent to an activating group) is 1. The zero-order valence-electron chi connectivity index (χ0n) is 10.9. The van der Waals surface area contributed by atoms with Gasteiger partial charge in [0.25, 0.3) is 0 Å². The maximum absolute atomic E-state index is 12.2. The molecule has 0 aromatic heterocycles. The van der Waals surface area contributed by atoms with Crippen LogP contribution < -0.4 is 0 Å². The highest BCUT2D eigenvalue weighted by Crippen LogP contribution is 2.22. The Morgan fingerprint density at radius 2 is 2.37 bits per heavy atom. The van der Waals surface area contributed by atoms with Crippen LogP contribution in [0.15, 0.2) is 22.7 Å². The van der Waals surface area contributed by atoms with E-state index in [0.29, 0.717) is 24.6 Å². The molecule has 1 aliphatic heterocycles. The predicted octanol–water partition coefficient (Wildman–Crippen LogP) is 2.93. The second-order valence-electron chi connectivity index (χ2n) is 4.63. The molecule has 0 amide bonds. The molecule has 104 valence electrons. The zero-order valence-corrected chi connectivity index (χ0v) is 13.2.